The lowest BCUT2D eigenvalue weighted by Crippen LogP contribution is -2.35. The number of aromatic nitrogens is 4. The average Bonchev–Trinajstić information content (AvgIpc) is 3.07. The summed E-state index contributed by atoms with van der Waals surface area (Å²) in [5.74, 6) is 0.451. The van der Waals surface area contributed by atoms with Crippen LogP contribution < -0.4 is 14.8 Å². The lowest BCUT2D eigenvalue weighted by atomic mass is 10.2. The minimum Gasteiger partial charge on any atom is -0.486 e. The molecule has 1 aliphatic rings. The molecule has 0 bridgehead atoms. The van der Waals surface area contributed by atoms with E-state index in [1.807, 2.05) is 18.2 Å². The van der Waals surface area contributed by atoms with Gasteiger partial charge in [-0.15, -0.1) is 15.3 Å². The van der Waals surface area contributed by atoms with Gasteiger partial charge in [-0.25, -0.2) is 0 Å². The predicted octanol–water partition coefficient (Wildman–Crippen LogP) is 3.01. The Morgan fingerprint density at radius 1 is 1.15 bits per heavy atom. The molecule has 27 heavy (non-hydrogen) atoms. The number of benzene rings is 1. The number of fused-ring (bicyclic) bond motifs is 2. The van der Waals surface area contributed by atoms with Crippen LogP contribution in [0.15, 0.2) is 24.3 Å². The maximum absolute atomic E-state index is 13.1. The summed E-state index contributed by atoms with van der Waals surface area (Å²) < 4.78 is 51.5. The molecule has 0 spiro atoms. The van der Waals surface area contributed by atoms with E-state index >= 15 is 0 Å². The highest BCUT2D eigenvalue weighted by Gasteiger charge is 2.38. The molecule has 0 amide bonds. The zero-order valence-corrected chi connectivity index (χ0v) is 14.5. The van der Waals surface area contributed by atoms with Gasteiger partial charge in [0, 0.05) is 5.56 Å². The molecule has 0 fully saturated rings. The maximum Gasteiger partial charge on any atom is 0.453 e. The van der Waals surface area contributed by atoms with Crippen LogP contribution in [0, 0.1) is 13.8 Å². The van der Waals surface area contributed by atoms with E-state index < -0.39 is 12.0 Å². The molecule has 0 saturated carbocycles. The summed E-state index contributed by atoms with van der Waals surface area (Å²) >= 11 is 0. The molecule has 1 aliphatic heterocycles. The molecule has 4 rings (SSSR count). The van der Waals surface area contributed by atoms with Crippen molar-refractivity contribution in [3.05, 3.63) is 41.2 Å². The van der Waals surface area contributed by atoms with Crippen LogP contribution in [-0.2, 0) is 6.18 Å². The highest BCUT2D eigenvalue weighted by molar-refractivity contribution is 5.58. The largest absolute Gasteiger partial charge is 0.486 e. The van der Waals surface area contributed by atoms with Gasteiger partial charge in [0.05, 0.1) is 6.54 Å². The number of nitrogens with zero attached hydrogens (tertiary/aromatic N) is 4. The van der Waals surface area contributed by atoms with E-state index in [2.05, 4.69) is 20.6 Å². The van der Waals surface area contributed by atoms with E-state index in [4.69, 9.17) is 9.47 Å². The fourth-order valence-electron chi connectivity index (χ4n) is 2.85. The Hall–Kier alpha value is -3.04. The Morgan fingerprint density at radius 2 is 1.89 bits per heavy atom. The molecule has 7 nitrogen and oxygen atoms in total. The van der Waals surface area contributed by atoms with Crippen LogP contribution in [0.5, 0.6) is 11.5 Å². The lowest BCUT2D eigenvalue weighted by Gasteiger charge is -2.27. The summed E-state index contributed by atoms with van der Waals surface area (Å²) in [5.41, 5.74) is 1.35. The molecular formula is C17H16F3N5O2. The van der Waals surface area contributed by atoms with E-state index in [1.165, 1.54) is 0 Å². The summed E-state index contributed by atoms with van der Waals surface area (Å²) in [5, 5.41) is 14.0. The first-order valence-corrected chi connectivity index (χ1v) is 8.27. The monoisotopic (exact) mass is 379 g/mol. The SMILES string of the molecule is Cc1c(NCC2COc3ccccc3O2)nn2c(C(F)(F)F)nnc2c1C. The second-order valence-corrected chi connectivity index (χ2v) is 6.23. The first-order chi connectivity index (χ1) is 12.8. The molecule has 0 aliphatic carbocycles. The highest BCUT2D eigenvalue weighted by Crippen LogP contribution is 2.32. The van der Waals surface area contributed by atoms with Gasteiger partial charge in [-0.05, 0) is 31.5 Å². The van der Waals surface area contributed by atoms with Crippen LogP contribution in [0.3, 0.4) is 0 Å². The van der Waals surface area contributed by atoms with Crippen molar-refractivity contribution in [2.75, 3.05) is 18.5 Å². The molecule has 10 heteroatoms. The lowest BCUT2D eigenvalue weighted by molar-refractivity contribution is -0.146. The van der Waals surface area contributed by atoms with Gasteiger partial charge in [-0.1, -0.05) is 12.1 Å². The van der Waals surface area contributed by atoms with Gasteiger partial charge >= 0.3 is 6.18 Å². The summed E-state index contributed by atoms with van der Waals surface area (Å²) in [7, 11) is 0. The molecule has 0 saturated heterocycles. The van der Waals surface area contributed by atoms with Crippen molar-refractivity contribution < 1.29 is 22.6 Å². The van der Waals surface area contributed by atoms with Crippen LogP contribution in [0.4, 0.5) is 19.0 Å². The summed E-state index contributed by atoms with van der Waals surface area (Å²) in [4.78, 5) is 0. The van der Waals surface area contributed by atoms with Crippen molar-refractivity contribution in [3.63, 3.8) is 0 Å². The third-order valence-corrected chi connectivity index (χ3v) is 4.41. The minimum absolute atomic E-state index is 0.0801. The van der Waals surface area contributed by atoms with Crippen LogP contribution in [0.25, 0.3) is 5.65 Å². The smallest absolute Gasteiger partial charge is 0.453 e. The summed E-state index contributed by atoms with van der Waals surface area (Å²) in [6.45, 7) is 4.09. The van der Waals surface area contributed by atoms with Crippen LogP contribution in [-0.4, -0.2) is 39.1 Å². The molecule has 1 aromatic carbocycles. The van der Waals surface area contributed by atoms with Crippen molar-refractivity contribution in [2.45, 2.75) is 26.1 Å². The van der Waals surface area contributed by atoms with E-state index in [0.717, 1.165) is 4.52 Å². The summed E-state index contributed by atoms with van der Waals surface area (Å²) in [6.07, 6.45) is -4.95. The Balaban J connectivity index is 1.58. The van der Waals surface area contributed by atoms with E-state index in [9.17, 15) is 13.2 Å². The van der Waals surface area contributed by atoms with Gasteiger partial charge in [-0.3, -0.25) is 0 Å². The Kier molecular flexibility index (Phi) is 4.05. The number of rotatable bonds is 3. The normalized spacial score (nSPS) is 16.6. The first-order valence-electron chi connectivity index (χ1n) is 8.27. The van der Waals surface area contributed by atoms with Crippen molar-refractivity contribution in [3.8, 4) is 11.5 Å². The second kappa shape index (κ2) is 6.29. The van der Waals surface area contributed by atoms with Gasteiger partial charge in [0.1, 0.15) is 12.7 Å². The fraction of sp³-hybridized carbons (Fsp3) is 0.353. The molecule has 3 aromatic rings. The molecule has 142 valence electrons. The van der Waals surface area contributed by atoms with Crippen molar-refractivity contribution in [2.24, 2.45) is 0 Å². The Bertz CT molecular complexity index is 1000. The fourth-order valence-corrected chi connectivity index (χ4v) is 2.85. The van der Waals surface area contributed by atoms with Crippen molar-refractivity contribution in [1.29, 1.82) is 0 Å². The van der Waals surface area contributed by atoms with Crippen molar-refractivity contribution >= 4 is 11.5 Å². The molecule has 1 N–H and O–H groups in total. The zero-order valence-electron chi connectivity index (χ0n) is 14.5. The predicted molar refractivity (Wildman–Crippen MR) is 90.1 cm³/mol. The Morgan fingerprint density at radius 3 is 2.63 bits per heavy atom. The molecule has 1 unspecified atom stereocenters. The maximum atomic E-state index is 13.1. The third-order valence-electron chi connectivity index (χ3n) is 4.41. The van der Waals surface area contributed by atoms with E-state index in [1.54, 1.807) is 19.9 Å². The number of para-hydroxylation sites is 2. The molecule has 3 heterocycles. The standard InChI is InChI=1S/C17H16F3N5O2/c1-9-10(2)15-22-23-16(17(18,19)20)25(15)24-14(9)21-7-11-8-26-12-5-3-4-6-13(12)27-11/h3-6,11H,7-8H2,1-2H3,(H,21,24). The highest BCUT2D eigenvalue weighted by atomic mass is 19.4. The Labute approximate surface area is 152 Å². The van der Waals surface area contributed by atoms with E-state index in [-0.39, 0.29) is 11.8 Å². The van der Waals surface area contributed by atoms with Gasteiger partial charge < -0.3 is 14.8 Å². The van der Waals surface area contributed by atoms with Gasteiger partial charge in [0.25, 0.3) is 5.82 Å². The van der Waals surface area contributed by atoms with Crippen LogP contribution in [0.1, 0.15) is 17.0 Å². The number of ether oxygens (including phenoxy) is 2. The summed E-state index contributed by atoms with van der Waals surface area (Å²) in [6, 6.07) is 7.30. The molecule has 1 atom stereocenters. The van der Waals surface area contributed by atoms with E-state index in [0.29, 0.717) is 41.6 Å². The quantitative estimate of drug-likeness (QED) is 0.754. The van der Waals surface area contributed by atoms with Crippen LogP contribution >= 0.6 is 0 Å². The number of nitrogens with one attached hydrogen (secondary N) is 1. The van der Waals surface area contributed by atoms with Gasteiger partial charge in [-0.2, -0.15) is 17.7 Å². The molecular weight excluding hydrogens is 363 g/mol. The van der Waals surface area contributed by atoms with Crippen LogP contribution in [0.2, 0.25) is 0 Å². The molecule has 0 radical (unpaired) electrons. The number of anilines is 1. The van der Waals surface area contributed by atoms with Gasteiger partial charge in [0.15, 0.2) is 23.0 Å². The van der Waals surface area contributed by atoms with Crippen molar-refractivity contribution in [1.82, 2.24) is 19.8 Å². The number of aryl methyl sites for hydroxylation is 1. The number of hydrogen-bond acceptors (Lipinski definition) is 6. The average molecular weight is 379 g/mol. The first kappa shape index (κ1) is 17.4. The third kappa shape index (κ3) is 3.11. The number of hydrogen-bond donors (Lipinski definition) is 1. The molecule has 2 aromatic heterocycles. The number of halogens is 3. The minimum atomic E-state index is -4.64. The second-order valence-electron chi connectivity index (χ2n) is 6.23. The topological polar surface area (TPSA) is 73.6 Å². The zero-order chi connectivity index (χ0) is 19.2. The number of alkyl halides is 3. The van der Waals surface area contributed by atoms with Gasteiger partial charge in [0.2, 0.25) is 0 Å².